The Morgan fingerprint density at radius 2 is 1.68 bits per heavy atom. The zero-order chi connectivity index (χ0) is 17.4. The van der Waals surface area contributed by atoms with Gasteiger partial charge in [0.25, 0.3) is 0 Å². The second-order valence-corrected chi connectivity index (χ2v) is 8.36. The van der Waals surface area contributed by atoms with E-state index in [4.69, 9.17) is 4.74 Å². The number of nitrogens with zero attached hydrogens (tertiary/aromatic N) is 2. The van der Waals surface area contributed by atoms with Crippen molar-refractivity contribution in [1.29, 1.82) is 0 Å². The van der Waals surface area contributed by atoms with E-state index < -0.39 is 10.0 Å². The number of carbonyl (C=O) groups is 1. The van der Waals surface area contributed by atoms with Gasteiger partial charge >= 0.3 is 5.97 Å². The van der Waals surface area contributed by atoms with Crippen LogP contribution in [0, 0.1) is 0 Å². The Kier molecular flexibility index (Phi) is 4.23. The highest BCUT2D eigenvalue weighted by Gasteiger charge is 2.36. The van der Waals surface area contributed by atoms with Gasteiger partial charge < -0.3 is 4.74 Å². The monoisotopic (exact) mass is 360 g/mol. The molecule has 0 amide bonds. The zero-order valence-corrected chi connectivity index (χ0v) is 14.6. The Balaban J connectivity index is 1.51. The van der Waals surface area contributed by atoms with Gasteiger partial charge in [0.05, 0.1) is 11.5 Å². The summed E-state index contributed by atoms with van der Waals surface area (Å²) >= 11 is 0. The molecule has 1 atom stereocenters. The Morgan fingerprint density at radius 3 is 2.36 bits per heavy atom. The molecule has 0 N–H and O–H groups in total. The molecule has 25 heavy (non-hydrogen) atoms. The summed E-state index contributed by atoms with van der Waals surface area (Å²) < 4.78 is 32.4. The number of rotatable bonds is 3. The molecule has 0 radical (unpaired) electrons. The van der Waals surface area contributed by atoms with Crippen molar-refractivity contribution < 1.29 is 17.9 Å². The summed E-state index contributed by atoms with van der Waals surface area (Å²) in [4.78, 5) is 14.1. The first-order valence-corrected chi connectivity index (χ1v) is 9.89. The van der Waals surface area contributed by atoms with E-state index in [1.54, 1.807) is 12.1 Å². The lowest BCUT2D eigenvalue weighted by Gasteiger charge is -2.35. The summed E-state index contributed by atoms with van der Waals surface area (Å²) in [5.41, 5.74) is 0. The predicted molar refractivity (Wildman–Crippen MR) is 93.6 cm³/mol. The number of hydrogen-bond acceptors (Lipinski definition) is 5. The van der Waals surface area contributed by atoms with Gasteiger partial charge in [0, 0.05) is 32.6 Å². The van der Waals surface area contributed by atoms with Crippen molar-refractivity contribution in [3.63, 3.8) is 0 Å². The van der Waals surface area contributed by atoms with E-state index in [1.165, 1.54) is 4.31 Å². The zero-order valence-electron chi connectivity index (χ0n) is 13.8. The van der Waals surface area contributed by atoms with Gasteiger partial charge in [-0.3, -0.25) is 9.69 Å². The van der Waals surface area contributed by atoms with Crippen LogP contribution in [0.1, 0.15) is 6.42 Å². The first-order chi connectivity index (χ1) is 12.1. The molecule has 2 fully saturated rings. The molecule has 2 aliphatic heterocycles. The fourth-order valence-electron chi connectivity index (χ4n) is 3.55. The summed E-state index contributed by atoms with van der Waals surface area (Å²) in [6, 6.07) is 12.7. The van der Waals surface area contributed by atoms with Gasteiger partial charge in [-0.05, 0) is 22.9 Å². The first-order valence-electron chi connectivity index (χ1n) is 8.45. The van der Waals surface area contributed by atoms with Crippen molar-refractivity contribution in [2.24, 2.45) is 0 Å². The van der Waals surface area contributed by atoms with Crippen LogP contribution in [-0.2, 0) is 19.6 Å². The number of fused-ring (bicyclic) bond motifs is 1. The average molecular weight is 360 g/mol. The number of hydrogen-bond donors (Lipinski definition) is 0. The van der Waals surface area contributed by atoms with Crippen LogP contribution < -0.4 is 0 Å². The highest BCUT2D eigenvalue weighted by atomic mass is 32.2. The third kappa shape index (κ3) is 3.03. The molecule has 2 saturated heterocycles. The van der Waals surface area contributed by atoms with Gasteiger partial charge in [-0.1, -0.05) is 30.3 Å². The van der Waals surface area contributed by atoms with Gasteiger partial charge in [-0.15, -0.1) is 0 Å². The molecule has 0 aliphatic carbocycles. The number of piperazine rings is 1. The normalized spacial score (nSPS) is 23.0. The summed E-state index contributed by atoms with van der Waals surface area (Å²) in [7, 11) is -3.52. The Hall–Kier alpha value is -1.96. The van der Waals surface area contributed by atoms with E-state index in [1.807, 2.05) is 35.2 Å². The number of cyclic esters (lactones) is 1. The maximum absolute atomic E-state index is 12.9. The molecule has 6 nitrogen and oxygen atoms in total. The second kappa shape index (κ2) is 6.40. The minimum Gasteiger partial charge on any atom is -0.464 e. The summed E-state index contributed by atoms with van der Waals surface area (Å²) in [6.45, 7) is 2.33. The third-order valence-electron chi connectivity index (χ3n) is 4.98. The van der Waals surface area contributed by atoms with Gasteiger partial charge in [-0.2, -0.15) is 4.31 Å². The number of esters is 1. The molecule has 0 bridgehead atoms. The SMILES string of the molecule is O=C1OCCC1N1CCN(S(=O)(=O)c2ccc3ccccc3c2)CC1. The largest absolute Gasteiger partial charge is 0.464 e. The maximum atomic E-state index is 12.9. The van der Waals surface area contributed by atoms with Crippen molar-refractivity contribution in [2.45, 2.75) is 17.4 Å². The smallest absolute Gasteiger partial charge is 0.323 e. The van der Waals surface area contributed by atoms with Gasteiger partial charge in [0.15, 0.2) is 0 Å². The lowest BCUT2D eigenvalue weighted by atomic mass is 10.1. The van der Waals surface area contributed by atoms with E-state index in [9.17, 15) is 13.2 Å². The summed E-state index contributed by atoms with van der Waals surface area (Å²) in [5.74, 6) is -0.189. The highest BCUT2D eigenvalue weighted by molar-refractivity contribution is 7.89. The van der Waals surface area contributed by atoms with E-state index in [0.29, 0.717) is 44.1 Å². The molecule has 132 valence electrons. The average Bonchev–Trinajstić information content (AvgIpc) is 3.07. The van der Waals surface area contributed by atoms with Gasteiger partial charge in [0.2, 0.25) is 10.0 Å². The van der Waals surface area contributed by atoms with Crippen LogP contribution in [0.5, 0.6) is 0 Å². The van der Waals surface area contributed by atoms with E-state index in [0.717, 1.165) is 10.8 Å². The number of benzene rings is 2. The van der Waals surface area contributed by atoms with Gasteiger partial charge in [0.1, 0.15) is 6.04 Å². The fourth-order valence-corrected chi connectivity index (χ4v) is 5.01. The maximum Gasteiger partial charge on any atom is 0.323 e. The number of sulfonamides is 1. The Labute approximate surface area is 147 Å². The standard InChI is InChI=1S/C18H20N2O4S/c21-18-17(7-12-24-18)19-8-10-20(11-9-19)25(22,23)16-6-5-14-3-1-2-4-15(14)13-16/h1-6,13,17H,7-12H2. The molecule has 2 heterocycles. The third-order valence-corrected chi connectivity index (χ3v) is 6.88. The Bertz CT molecular complexity index is 904. The van der Waals surface area contributed by atoms with Crippen LogP contribution in [0.15, 0.2) is 47.4 Å². The molecule has 2 aromatic rings. The molecule has 2 aromatic carbocycles. The molecular formula is C18H20N2O4S. The van der Waals surface area contributed by atoms with E-state index in [2.05, 4.69) is 0 Å². The molecule has 0 saturated carbocycles. The van der Waals surface area contributed by atoms with Crippen LogP contribution >= 0.6 is 0 Å². The molecule has 0 aromatic heterocycles. The minimum absolute atomic E-state index is 0.189. The van der Waals surface area contributed by atoms with Crippen molar-refractivity contribution in [2.75, 3.05) is 32.8 Å². The van der Waals surface area contributed by atoms with Crippen molar-refractivity contribution in [3.8, 4) is 0 Å². The topological polar surface area (TPSA) is 66.9 Å². The number of ether oxygens (including phenoxy) is 1. The fraction of sp³-hybridized carbons (Fsp3) is 0.389. The molecule has 1 unspecified atom stereocenters. The van der Waals surface area contributed by atoms with Crippen molar-refractivity contribution in [3.05, 3.63) is 42.5 Å². The van der Waals surface area contributed by atoms with Crippen LogP contribution in [0.4, 0.5) is 0 Å². The predicted octanol–water partition coefficient (Wildman–Crippen LogP) is 1.46. The quantitative estimate of drug-likeness (QED) is 0.776. The van der Waals surface area contributed by atoms with E-state index in [-0.39, 0.29) is 12.0 Å². The molecular weight excluding hydrogens is 340 g/mol. The second-order valence-electron chi connectivity index (χ2n) is 6.42. The van der Waals surface area contributed by atoms with Crippen LogP contribution in [0.25, 0.3) is 10.8 Å². The lowest BCUT2D eigenvalue weighted by Crippen LogP contribution is -2.52. The summed E-state index contributed by atoms with van der Waals surface area (Å²) in [6.07, 6.45) is 0.691. The van der Waals surface area contributed by atoms with Crippen LogP contribution in [0.3, 0.4) is 0 Å². The van der Waals surface area contributed by atoms with Crippen molar-refractivity contribution in [1.82, 2.24) is 9.21 Å². The minimum atomic E-state index is -3.52. The molecule has 7 heteroatoms. The molecule has 4 rings (SSSR count). The Morgan fingerprint density at radius 1 is 0.960 bits per heavy atom. The highest BCUT2D eigenvalue weighted by Crippen LogP contribution is 2.24. The van der Waals surface area contributed by atoms with Crippen LogP contribution in [-0.4, -0.2) is 62.4 Å². The lowest BCUT2D eigenvalue weighted by molar-refractivity contribution is -0.142. The van der Waals surface area contributed by atoms with Crippen molar-refractivity contribution >= 4 is 26.8 Å². The molecule has 2 aliphatic rings. The first kappa shape index (κ1) is 16.5. The summed E-state index contributed by atoms with van der Waals surface area (Å²) in [5, 5.41) is 1.93. The van der Waals surface area contributed by atoms with Crippen LogP contribution in [0.2, 0.25) is 0 Å². The van der Waals surface area contributed by atoms with Gasteiger partial charge in [-0.25, -0.2) is 8.42 Å². The molecule has 0 spiro atoms. The number of carbonyl (C=O) groups excluding carboxylic acids is 1. The van der Waals surface area contributed by atoms with E-state index >= 15 is 0 Å².